The van der Waals surface area contributed by atoms with Crippen LogP contribution in [0.3, 0.4) is 0 Å². The summed E-state index contributed by atoms with van der Waals surface area (Å²) in [6, 6.07) is 9.87. The molecule has 1 amide bonds. The summed E-state index contributed by atoms with van der Waals surface area (Å²) in [6.45, 7) is 1.78. The first kappa shape index (κ1) is 15.8. The molecular weight excluding hydrogens is 314 g/mol. The minimum Gasteiger partial charge on any atom is -0.345 e. The second kappa shape index (κ2) is 6.57. The minimum absolute atomic E-state index is 0.192. The van der Waals surface area contributed by atoms with Crippen LogP contribution in [0.2, 0.25) is 0 Å². The van der Waals surface area contributed by atoms with E-state index in [2.05, 4.69) is 15.4 Å². The Morgan fingerprint density at radius 3 is 2.54 bits per heavy atom. The van der Waals surface area contributed by atoms with Crippen molar-refractivity contribution in [1.29, 1.82) is 0 Å². The molecule has 0 radical (unpaired) electrons. The fourth-order valence-corrected chi connectivity index (χ4v) is 2.29. The largest absolute Gasteiger partial charge is 0.345 e. The van der Waals surface area contributed by atoms with Crippen LogP contribution >= 0.6 is 0 Å². The van der Waals surface area contributed by atoms with Crippen molar-refractivity contribution in [2.24, 2.45) is 0 Å². The van der Waals surface area contributed by atoms with E-state index in [4.69, 9.17) is 0 Å². The van der Waals surface area contributed by atoms with Crippen molar-refractivity contribution in [3.8, 4) is 5.69 Å². The van der Waals surface area contributed by atoms with Crippen molar-refractivity contribution in [3.05, 3.63) is 77.9 Å². The first-order valence-corrected chi connectivity index (χ1v) is 7.25. The number of carbonyl (C=O) groups is 1. The maximum absolute atomic E-state index is 13.6. The van der Waals surface area contributed by atoms with Crippen molar-refractivity contribution in [1.82, 2.24) is 20.1 Å². The van der Waals surface area contributed by atoms with Crippen LogP contribution < -0.4 is 5.32 Å². The van der Waals surface area contributed by atoms with Gasteiger partial charge in [-0.3, -0.25) is 4.79 Å². The van der Waals surface area contributed by atoms with Gasteiger partial charge >= 0.3 is 0 Å². The average Bonchev–Trinajstić information content (AvgIpc) is 3.09. The molecule has 0 saturated heterocycles. The summed E-state index contributed by atoms with van der Waals surface area (Å²) >= 11 is 0. The molecule has 122 valence electrons. The number of benzene rings is 2. The third-order valence-corrected chi connectivity index (χ3v) is 3.60. The second-order valence-electron chi connectivity index (χ2n) is 5.25. The lowest BCUT2D eigenvalue weighted by Crippen LogP contribution is -2.27. The van der Waals surface area contributed by atoms with Crippen LogP contribution in [-0.4, -0.2) is 20.7 Å². The van der Waals surface area contributed by atoms with Crippen molar-refractivity contribution in [2.45, 2.75) is 13.0 Å². The smallest absolute Gasteiger partial charge is 0.254 e. The first-order valence-electron chi connectivity index (χ1n) is 7.25. The topological polar surface area (TPSA) is 59.8 Å². The van der Waals surface area contributed by atoms with E-state index in [-0.39, 0.29) is 11.6 Å². The molecule has 1 atom stereocenters. The minimum atomic E-state index is -0.888. The Bertz CT molecular complexity index is 848. The monoisotopic (exact) mass is 328 g/mol. The molecule has 0 bridgehead atoms. The van der Waals surface area contributed by atoms with Crippen molar-refractivity contribution < 1.29 is 13.6 Å². The molecule has 7 heteroatoms. The zero-order chi connectivity index (χ0) is 17.1. The molecule has 1 N–H and O–H groups in total. The standard InChI is InChI=1S/C17H14F2N4O/c1-11(22-17(24)15-7-4-13(18)8-16(15)19)12-2-5-14(6-3-12)23-10-20-9-21-23/h2-11H,1H3,(H,22,24)/t11-/m1/s1. The number of aromatic nitrogens is 3. The number of hydrogen-bond acceptors (Lipinski definition) is 3. The molecule has 5 nitrogen and oxygen atoms in total. The molecule has 0 aliphatic heterocycles. The Balaban J connectivity index is 1.72. The maximum Gasteiger partial charge on any atom is 0.254 e. The number of rotatable bonds is 4. The highest BCUT2D eigenvalue weighted by Crippen LogP contribution is 2.17. The van der Waals surface area contributed by atoms with Crippen molar-refractivity contribution in [2.75, 3.05) is 0 Å². The second-order valence-corrected chi connectivity index (χ2v) is 5.25. The Morgan fingerprint density at radius 1 is 1.17 bits per heavy atom. The molecule has 2 aromatic carbocycles. The van der Waals surface area contributed by atoms with Gasteiger partial charge < -0.3 is 5.32 Å². The first-order chi connectivity index (χ1) is 11.5. The Kier molecular flexibility index (Phi) is 4.33. The summed E-state index contributed by atoms with van der Waals surface area (Å²) in [5.74, 6) is -2.21. The third-order valence-electron chi connectivity index (χ3n) is 3.60. The fourth-order valence-electron chi connectivity index (χ4n) is 2.29. The fraction of sp³-hybridized carbons (Fsp3) is 0.118. The molecule has 0 unspecified atom stereocenters. The van der Waals surface area contributed by atoms with E-state index in [1.165, 1.54) is 6.33 Å². The quantitative estimate of drug-likeness (QED) is 0.801. The zero-order valence-electron chi connectivity index (χ0n) is 12.8. The molecular formula is C17H14F2N4O. The predicted octanol–water partition coefficient (Wildman–Crippen LogP) is 3.04. The summed E-state index contributed by atoms with van der Waals surface area (Å²) in [5.41, 5.74) is 1.48. The van der Waals surface area contributed by atoms with Crippen LogP contribution in [0, 0.1) is 11.6 Å². The Morgan fingerprint density at radius 2 is 1.92 bits per heavy atom. The lowest BCUT2D eigenvalue weighted by molar-refractivity contribution is 0.0935. The molecule has 3 rings (SSSR count). The molecule has 0 fully saturated rings. The number of nitrogens with one attached hydrogen (secondary N) is 1. The summed E-state index contributed by atoms with van der Waals surface area (Å²) in [5, 5.41) is 6.72. The van der Waals surface area contributed by atoms with Gasteiger partial charge in [0.05, 0.1) is 17.3 Å². The van der Waals surface area contributed by atoms with E-state index in [9.17, 15) is 13.6 Å². The summed E-state index contributed by atoms with van der Waals surface area (Å²) in [6.07, 6.45) is 3.02. The van der Waals surface area contributed by atoms with Gasteiger partial charge in [0.15, 0.2) is 0 Å². The third kappa shape index (κ3) is 3.29. The molecule has 0 saturated carbocycles. The van der Waals surface area contributed by atoms with E-state index >= 15 is 0 Å². The Hall–Kier alpha value is -3.09. The van der Waals surface area contributed by atoms with Crippen molar-refractivity contribution in [3.63, 3.8) is 0 Å². The van der Waals surface area contributed by atoms with Gasteiger partial charge in [-0.2, -0.15) is 5.10 Å². The highest BCUT2D eigenvalue weighted by atomic mass is 19.1. The predicted molar refractivity (Wildman–Crippen MR) is 83.6 cm³/mol. The van der Waals surface area contributed by atoms with Crippen LogP contribution in [0.4, 0.5) is 8.78 Å². The van der Waals surface area contributed by atoms with Gasteiger partial charge in [-0.15, -0.1) is 0 Å². The normalized spacial score (nSPS) is 12.0. The van der Waals surface area contributed by atoms with Gasteiger partial charge in [0.25, 0.3) is 5.91 Å². The van der Waals surface area contributed by atoms with Gasteiger partial charge in [-0.1, -0.05) is 12.1 Å². The SMILES string of the molecule is C[C@@H](NC(=O)c1ccc(F)cc1F)c1ccc(-n2cncn2)cc1. The summed E-state index contributed by atoms with van der Waals surface area (Å²) in [7, 11) is 0. The van der Waals surface area contributed by atoms with Crippen molar-refractivity contribution >= 4 is 5.91 Å². The number of halogens is 2. The number of amides is 1. The molecule has 1 aromatic heterocycles. The lowest BCUT2D eigenvalue weighted by atomic mass is 10.1. The van der Waals surface area contributed by atoms with Gasteiger partial charge in [0, 0.05) is 6.07 Å². The van der Waals surface area contributed by atoms with Crippen LogP contribution in [0.15, 0.2) is 55.1 Å². The van der Waals surface area contributed by atoms with E-state index in [1.54, 1.807) is 17.9 Å². The van der Waals surface area contributed by atoms with Gasteiger partial charge in [-0.05, 0) is 36.8 Å². The van der Waals surface area contributed by atoms with E-state index < -0.39 is 17.5 Å². The van der Waals surface area contributed by atoms with Gasteiger partial charge in [-0.25, -0.2) is 18.4 Å². The van der Waals surface area contributed by atoms with Crippen LogP contribution in [-0.2, 0) is 0 Å². The summed E-state index contributed by atoms with van der Waals surface area (Å²) in [4.78, 5) is 16.0. The number of nitrogens with zero attached hydrogens (tertiary/aromatic N) is 3. The zero-order valence-corrected chi connectivity index (χ0v) is 12.8. The Labute approximate surface area is 137 Å². The maximum atomic E-state index is 13.6. The average molecular weight is 328 g/mol. The number of hydrogen-bond donors (Lipinski definition) is 1. The highest BCUT2D eigenvalue weighted by Gasteiger charge is 2.15. The number of carbonyl (C=O) groups excluding carboxylic acids is 1. The van der Waals surface area contributed by atoms with E-state index in [0.717, 1.165) is 23.4 Å². The highest BCUT2D eigenvalue weighted by molar-refractivity contribution is 5.94. The van der Waals surface area contributed by atoms with Crippen LogP contribution in [0.25, 0.3) is 5.69 Å². The molecule has 0 aliphatic carbocycles. The molecule has 3 aromatic rings. The molecule has 0 spiro atoms. The van der Waals surface area contributed by atoms with E-state index in [0.29, 0.717) is 6.07 Å². The lowest BCUT2D eigenvalue weighted by Gasteiger charge is -2.15. The van der Waals surface area contributed by atoms with E-state index in [1.807, 2.05) is 24.3 Å². The van der Waals surface area contributed by atoms with Gasteiger partial charge in [0.1, 0.15) is 24.3 Å². The molecule has 1 heterocycles. The molecule has 0 aliphatic rings. The van der Waals surface area contributed by atoms with Gasteiger partial charge in [0.2, 0.25) is 0 Å². The van der Waals surface area contributed by atoms with Crippen LogP contribution in [0.5, 0.6) is 0 Å². The molecule has 24 heavy (non-hydrogen) atoms. The summed E-state index contributed by atoms with van der Waals surface area (Å²) < 4.78 is 28.2. The van der Waals surface area contributed by atoms with Crippen LogP contribution in [0.1, 0.15) is 28.9 Å².